The number of nitrogens with one attached hydrogen (secondary N) is 1. The Morgan fingerprint density at radius 3 is 2.89 bits per heavy atom. The molecule has 1 unspecified atom stereocenters. The third-order valence-electron chi connectivity index (χ3n) is 3.72. The normalized spacial score (nSPS) is 18.9. The van der Waals surface area contributed by atoms with Crippen molar-refractivity contribution in [3.05, 3.63) is 59.0 Å². The molecule has 1 aliphatic rings. The molecule has 3 rings (SSSR count). The van der Waals surface area contributed by atoms with Crippen LogP contribution in [0.5, 0.6) is 0 Å². The minimum atomic E-state index is 0.211. The largest absolute Gasteiger partial charge is 0.467 e. The molecule has 1 aromatic carbocycles. The standard InChI is InChI=1S/C16H19NO/c1-11(2)13-6-5-12-7-8-17-16(14(12)10-13)15-4-3-9-18-15/h3-6,9-11,16-17H,7-8H2,1-2H3. The zero-order valence-corrected chi connectivity index (χ0v) is 10.9. The summed E-state index contributed by atoms with van der Waals surface area (Å²) in [5.41, 5.74) is 4.22. The van der Waals surface area contributed by atoms with Crippen LogP contribution in [-0.2, 0) is 6.42 Å². The van der Waals surface area contributed by atoms with E-state index in [2.05, 4.69) is 43.4 Å². The third kappa shape index (κ3) is 1.97. The van der Waals surface area contributed by atoms with Gasteiger partial charge in [0.05, 0.1) is 12.3 Å². The second-order valence-corrected chi connectivity index (χ2v) is 5.27. The average Bonchev–Trinajstić information content (AvgIpc) is 2.91. The highest BCUT2D eigenvalue weighted by atomic mass is 16.3. The van der Waals surface area contributed by atoms with Crippen molar-refractivity contribution in [2.75, 3.05) is 6.54 Å². The molecule has 18 heavy (non-hydrogen) atoms. The first-order valence-corrected chi connectivity index (χ1v) is 6.65. The SMILES string of the molecule is CC(C)c1ccc2c(c1)C(c1ccco1)NCC2. The Bertz CT molecular complexity index is 528. The molecule has 1 N–H and O–H groups in total. The van der Waals surface area contributed by atoms with Crippen LogP contribution in [-0.4, -0.2) is 6.54 Å². The van der Waals surface area contributed by atoms with Crippen molar-refractivity contribution in [3.63, 3.8) is 0 Å². The molecule has 1 aromatic heterocycles. The van der Waals surface area contributed by atoms with Gasteiger partial charge in [-0.3, -0.25) is 0 Å². The highest BCUT2D eigenvalue weighted by Gasteiger charge is 2.23. The van der Waals surface area contributed by atoms with Crippen molar-refractivity contribution in [3.8, 4) is 0 Å². The fourth-order valence-corrected chi connectivity index (χ4v) is 2.64. The Labute approximate surface area is 108 Å². The van der Waals surface area contributed by atoms with E-state index in [4.69, 9.17) is 4.42 Å². The highest BCUT2D eigenvalue weighted by molar-refractivity contribution is 5.40. The summed E-state index contributed by atoms with van der Waals surface area (Å²) in [6, 6.07) is 11.1. The first-order chi connectivity index (χ1) is 8.75. The Morgan fingerprint density at radius 2 is 2.17 bits per heavy atom. The third-order valence-corrected chi connectivity index (χ3v) is 3.72. The summed E-state index contributed by atoms with van der Waals surface area (Å²) in [5.74, 6) is 1.58. The van der Waals surface area contributed by atoms with Crippen LogP contribution in [0.1, 0.15) is 48.3 Å². The Morgan fingerprint density at radius 1 is 1.28 bits per heavy atom. The summed E-state index contributed by atoms with van der Waals surface area (Å²) in [4.78, 5) is 0. The van der Waals surface area contributed by atoms with Gasteiger partial charge in [-0.05, 0) is 41.2 Å². The molecule has 2 aromatic rings. The summed E-state index contributed by atoms with van der Waals surface area (Å²) in [5, 5.41) is 3.55. The number of benzene rings is 1. The van der Waals surface area contributed by atoms with E-state index in [1.54, 1.807) is 6.26 Å². The minimum Gasteiger partial charge on any atom is -0.467 e. The zero-order chi connectivity index (χ0) is 12.5. The van der Waals surface area contributed by atoms with Gasteiger partial charge in [0.25, 0.3) is 0 Å². The lowest BCUT2D eigenvalue weighted by atomic mass is 9.89. The fourth-order valence-electron chi connectivity index (χ4n) is 2.64. The molecule has 0 aliphatic carbocycles. The van der Waals surface area contributed by atoms with Crippen LogP contribution in [0.4, 0.5) is 0 Å². The van der Waals surface area contributed by atoms with Gasteiger partial charge in [0.1, 0.15) is 5.76 Å². The van der Waals surface area contributed by atoms with Crippen LogP contribution in [0, 0.1) is 0 Å². The van der Waals surface area contributed by atoms with Crippen molar-refractivity contribution >= 4 is 0 Å². The van der Waals surface area contributed by atoms with E-state index in [1.165, 1.54) is 16.7 Å². The van der Waals surface area contributed by atoms with Gasteiger partial charge in [-0.15, -0.1) is 0 Å². The van der Waals surface area contributed by atoms with E-state index in [0.717, 1.165) is 18.7 Å². The maximum Gasteiger partial charge on any atom is 0.125 e. The molecule has 0 saturated heterocycles. The quantitative estimate of drug-likeness (QED) is 0.868. The second-order valence-electron chi connectivity index (χ2n) is 5.27. The van der Waals surface area contributed by atoms with Crippen LogP contribution < -0.4 is 5.32 Å². The van der Waals surface area contributed by atoms with Gasteiger partial charge in [-0.1, -0.05) is 32.0 Å². The van der Waals surface area contributed by atoms with E-state index in [1.807, 2.05) is 6.07 Å². The summed E-state index contributed by atoms with van der Waals surface area (Å²) >= 11 is 0. The van der Waals surface area contributed by atoms with Gasteiger partial charge < -0.3 is 9.73 Å². The lowest BCUT2D eigenvalue weighted by molar-refractivity contribution is 0.435. The molecule has 0 amide bonds. The molecule has 2 heteroatoms. The van der Waals surface area contributed by atoms with E-state index >= 15 is 0 Å². The molecule has 2 heterocycles. The molecule has 0 fully saturated rings. The van der Waals surface area contributed by atoms with Crippen molar-refractivity contribution in [2.24, 2.45) is 0 Å². The highest BCUT2D eigenvalue weighted by Crippen LogP contribution is 2.31. The molecule has 0 radical (unpaired) electrons. The number of furan rings is 1. The first kappa shape index (κ1) is 11.5. The van der Waals surface area contributed by atoms with Crippen molar-refractivity contribution in [1.29, 1.82) is 0 Å². The molecular weight excluding hydrogens is 222 g/mol. The van der Waals surface area contributed by atoms with Crippen molar-refractivity contribution in [1.82, 2.24) is 5.32 Å². The topological polar surface area (TPSA) is 25.2 Å². The maximum atomic E-state index is 5.57. The Kier molecular flexibility index (Phi) is 2.96. The van der Waals surface area contributed by atoms with Crippen LogP contribution in [0.25, 0.3) is 0 Å². The van der Waals surface area contributed by atoms with Crippen LogP contribution in [0.3, 0.4) is 0 Å². The van der Waals surface area contributed by atoms with Gasteiger partial charge in [-0.2, -0.15) is 0 Å². The van der Waals surface area contributed by atoms with Crippen LogP contribution >= 0.6 is 0 Å². The summed E-state index contributed by atoms with van der Waals surface area (Å²) in [6.07, 6.45) is 2.85. The molecule has 0 saturated carbocycles. The Hall–Kier alpha value is -1.54. The van der Waals surface area contributed by atoms with Crippen LogP contribution in [0.15, 0.2) is 41.0 Å². The monoisotopic (exact) mass is 241 g/mol. The Balaban J connectivity index is 2.05. The molecule has 0 bridgehead atoms. The molecular formula is C16H19NO. The molecule has 2 nitrogen and oxygen atoms in total. The van der Waals surface area contributed by atoms with Crippen LogP contribution in [0.2, 0.25) is 0 Å². The molecule has 0 spiro atoms. The second kappa shape index (κ2) is 4.62. The summed E-state index contributed by atoms with van der Waals surface area (Å²) in [7, 11) is 0. The predicted octanol–water partition coefficient (Wildman–Crippen LogP) is 3.64. The lowest BCUT2D eigenvalue weighted by Gasteiger charge is -2.26. The molecule has 1 atom stereocenters. The van der Waals surface area contributed by atoms with Gasteiger partial charge in [0.2, 0.25) is 0 Å². The smallest absolute Gasteiger partial charge is 0.125 e. The van der Waals surface area contributed by atoms with Crippen molar-refractivity contribution in [2.45, 2.75) is 32.2 Å². The first-order valence-electron chi connectivity index (χ1n) is 6.65. The maximum absolute atomic E-state index is 5.57. The number of rotatable bonds is 2. The number of hydrogen-bond acceptors (Lipinski definition) is 2. The number of fused-ring (bicyclic) bond motifs is 1. The predicted molar refractivity (Wildman–Crippen MR) is 72.8 cm³/mol. The van der Waals surface area contributed by atoms with Gasteiger partial charge >= 0.3 is 0 Å². The molecule has 94 valence electrons. The summed E-state index contributed by atoms with van der Waals surface area (Å²) in [6.45, 7) is 5.49. The minimum absolute atomic E-state index is 0.211. The van der Waals surface area contributed by atoms with Gasteiger partial charge in [0, 0.05) is 6.54 Å². The summed E-state index contributed by atoms with van der Waals surface area (Å²) < 4.78 is 5.57. The van der Waals surface area contributed by atoms with E-state index in [0.29, 0.717) is 5.92 Å². The fraction of sp³-hybridized carbons (Fsp3) is 0.375. The van der Waals surface area contributed by atoms with Gasteiger partial charge in [-0.25, -0.2) is 0 Å². The average molecular weight is 241 g/mol. The van der Waals surface area contributed by atoms with E-state index < -0.39 is 0 Å². The van der Waals surface area contributed by atoms with E-state index in [9.17, 15) is 0 Å². The lowest BCUT2D eigenvalue weighted by Crippen LogP contribution is -2.30. The van der Waals surface area contributed by atoms with E-state index in [-0.39, 0.29) is 6.04 Å². The van der Waals surface area contributed by atoms with Crippen molar-refractivity contribution < 1.29 is 4.42 Å². The van der Waals surface area contributed by atoms with Gasteiger partial charge in [0.15, 0.2) is 0 Å². The number of hydrogen-bond donors (Lipinski definition) is 1. The molecule has 1 aliphatic heterocycles. The zero-order valence-electron chi connectivity index (χ0n) is 10.9.